The van der Waals surface area contributed by atoms with Crippen LogP contribution in [0.1, 0.15) is 13.8 Å². The van der Waals surface area contributed by atoms with Crippen molar-refractivity contribution in [1.29, 1.82) is 0 Å². The predicted octanol–water partition coefficient (Wildman–Crippen LogP) is 1.42. The van der Waals surface area contributed by atoms with Gasteiger partial charge in [0.25, 0.3) is 0 Å². The summed E-state index contributed by atoms with van der Waals surface area (Å²) in [6.07, 6.45) is 3.09. The van der Waals surface area contributed by atoms with E-state index in [4.69, 9.17) is 4.42 Å². The Kier molecular flexibility index (Phi) is 1.22. The molecule has 2 N–H and O–H groups in total. The Morgan fingerprint density at radius 1 is 1.33 bits per heavy atom. The Bertz CT molecular complexity index is 328. The van der Waals surface area contributed by atoms with E-state index in [0.29, 0.717) is 5.69 Å². The van der Waals surface area contributed by atoms with Crippen LogP contribution in [0.15, 0.2) is 16.9 Å². The molecule has 12 heavy (non-hydrogen) atoms. The maximum atomic E-state index is 11.4. The molecule has 4 heteroatoms. The van der Waals surface area contributed by atoms with Crippen molar-refractivity contribution in [3.63, 3.8) is 0 Å². The third-order valence-electron chi connectivity index (χ3n) is 1.92. The number of hydrogen-bond donors (Lipinski definition) is 2. The summed E-state index contributed by atoms with van der Waals surface area (Å²) in [5, 5.41) is 5.80. The third-order valence-corrected chi connectivity index (χ3v) is 1.92. The first-order chi connectivity index (χ1) is 5.59. The number of nitrogens with one attached hydrogen (secondary N) is 2. The predicted molar refractivity (Wildman–Crippen MR) is 45.0 cm³/mol. The zero-order valence-corrected chi connectivity index (χ0v) is 6.97. The van der Waals surface area contributed by atoms with E-state index in [1.807, 2.05) is 13.8 Å². The van der Waals surface area contributed by atoms with E-state index < -0.39 is 5.54 Å². The Morgan fingerprint density at radius 3 is 2.75 bits per heavy atom. The molecule has 0 saturated carbocycles. The Balaban J connectivity index is 2.42. The first-order valence-corrected chi connectivity index (χ1v) is 3.75. The maximum Gasteiger partial charge on any atom is 0.249 e. The molecule has 4 nitrogen and oxygen atoms in total. The van der Waals surface area contributed by atoms with E-state index in [9.17, 15) is 4.79 Å². The van der Waals surface area contributed by atoms with E-state index in [1.165, 1.54) is 6.26 Å². The van der Waals surface area contributed by atoms with Crippen LogP contribution in [0.2, 0.25) is 0 Å². The van der Waals surface area contributed by atoms with Gasteiger partial charge in [-0.1, -0.05) is 0 Å². The van der Waals surface area contributed by atoms with Crippen molar-refractivity contribution < 1.29 is 9.21 Å². The van der Waals surface area contributed by atoms with Crippen LogP contribution < -0.4 is 10.6 Å². The summed E-state index contributed by atoms with van der Waals surface area (Å²) < 4.78 is 4.93. The number of carbonyl (C=O) groups is 1. The van der Waals surface area contributed by atoms with Gasteiger partial charge in [-0.3, -0.25) is 4.79 Å². The number of anilines is 2. The second-order valence-electron chi connectivity index (χ2n) is 3.40. The summed E-state index contributed by atoms with van der Waals surface area (Å²) in [7, 11) is 0. The van der Waals surface area contributed by atoms with Gasteiger partial charge in [-0.25, -0.2) is 0 Å². The van der Waals surface area contributed by atoms with Gasteiger partial charge in [0.2, 0.25) is 5.91 Å². The lowest BCUT2D eigenvalue weighted by Crippen LogP contribution is -2.47. The zero-order chi connectivity index (χ0) is 8.77. The average molecular weight is 166 g/mol. The van der Waals surface area contributed by atoms with Crippen LogP contribution in [0.25, 0.3) is 0 Å². The van der Waals surface area contributed by atoms with Gasteiger partial charge >= 0.3 is 0 Å². The van der Waals surface area contributed by atoms with Crippen molar-refractivity contribution in [3.05, 3.63) is 12.5 Å². The molecule has 1 aromatic heterocycles. The fourth-order valence-corrected chi connectivity index (χ4v) is 1.16. The molecular weight excluding hydrogens is 156 g/mol. The largest absolute Gasteiger partial charge is 0.468 e. The van der Waals surface area contributed by atoms with Crippen molar-refractivity contribution in [2.24, 2.45) is 0 Å². The summed E-state index contributed by atoms with van der Waals surface area (Å²) in [5.41, 5.74) is 0.982. The average Bonchev–Trinajstić information content (AvgIpc) is 2.35. The molecule has 0 aliphatic carbocycles. The molecule has 1 aliphatic heterocycles. The van der Waals surface area contributed by atoms with E-state index in [-0.39, 0.29) is 5.91 Å². The normalized spacial score (nSPS) is 19.3. The number of fused-ring (bicyclic) bond motifs is 1. The summed E-state index contributed by atoms with van der Waals surface area (Å²) in [6, 6.07) is 0. The van der Waals surface area contributed by atoms with Gasteiger partial charge in [0.05, 0.1) is 5.69 Å². The van der Waals surface area contributed by atoms with Crippen LogP contribution in [-0.2, 0) is 4.79 Å². The summed E-state index contributed by atoms with van der Waals surface area (Å²) in [4.78, 5) is 11.4. The topological polar surface area (TPSA) is 54.3 Å². The summed E-state index contributed by atoms with van der Waals surface area (Å²) >= 11 is 0. The van der Waals surface area contributed by atoms with Crippen LogP contribution in [0.4, 0.5) is 11.4 Å². The van der Waals surface area contributed by atoms with Gasteiger partial charge in [-0.2, -0.15) is 0 Å². The van der Waals surface area contributed by atoms with Crippen LogP contribution in [0, 0.1) is 0 Å². The molecule has 0 bridgehead atoms. The van der Waals surface area contributed by atoms with Crippen LogP contribution in [0.3, 0.4) is 0 Å². The highest BCUT2D eigenvalue weighted by molar-refractivity contribution is 6.05. The van der Waals surface area contributed by atoms with Gasteiger partial charge in [0, 0.05) is 0 Å². The molecule has 1 aliphatic rings. The highest BCUT2D eigenvalue weighted by atomic mass is 16.3. The zero-order valence-electron chi connectivity index (χ0n) is 6.97. The van der Waals surface area contributed by atoms with Gasteiger partial charge < -0.3 is 15.1 Å². The van der Waals surface area contributed by atoms with Gasteiger partial charge in [-0.05, 0) is 13.8 Å². The third kappa shape index (κ3) is 0.879. The second-order valence-corrected chi connectivity index (χ2v) is 3.40. The van der Waals surface area contributed by atoms with E-state index >= 15 is 0 Å². The standard InChI is InChI=1S/C8H10N2O2/c1-8(2)7(11)9-5-3-12-4-6(5)10-8/h3-4,10H,1-2H3,(H,9,11). The molecule has 2 heterocycles. The number of furan rings is 1. The van der Waals surface area contributed by atoms with E-state index in [2.05, 4.69) is 10.6 Å². The quantitative estimate of drug-likeness (QED) is 0.612. The van der Waals surface area contributed by atoms with Gasteiger partial charge in [0.1, 0.15) is 23.8 Å². The van der Waals surface area contributed by atoms with Crippen molar-refractivity contribution >= 4 is 17.3 Å². The fourth-order valence-electron chi connectivity index (χ4n) is 1.16. The molecular formula is C8H10N2O2. The fraction of sp³-hybridized carbons (Fsp3) is 0.375. The summed E-state index contributed by atoms with van der Waals surface area (Å²) in [6.45, 7) is 3.64. The van der Waals surface area contributed by atoms with Crippen molar-refractivity contribution in [1.82, 2.24) is 0 Å². The molecule has 0 spiro atoms. The van der Waals surface area contributed by atoms with Crippen molar-refractivity contribution in [2.75, 3.05) is 10.6 Å². The van der Waals surface area contributed by atoms with Crippen molar-refractivity contribution in [3.8, 4) is 0 Å². The lowest BCUT2D eigenvalue weighted by molar-refractivity contribution is -0.119. The summed E-state index contributed by atoms with van der Waals surface area (Å²) in [5.74, 6) is -0.0450. The SMILES string of the molecule is CC1(C)Nc2cocc2NC1=O. The molecule has 2 rings (SSSR count). The lowest BCUT2D eigenvalue weighted by Gasteiger charge is -2.30. The molecule has 0 aromatic carbocycles. The van der Waals surface area contributed by atoms with Crippen LogP contribution >= 0.6 is 0 Å². The molecule has 0 unspecified atom stereocenters. The minimum absolute atomic E-state index is 0.0450. The molecule has 0 radical (unpaired) electrons. The molecule has 1 aromatic rings. The van der Waals surface area contributed by atoms with Crippen LogP contribution in [0.5, 0.6) is 0 Å². The number of hydrogen-bond acceptors (Lipinski definition) is 3. The van der Waals surface area contributed by atoms with E-state index in [1.54, 1.807) is 6.26 Å². The smallest absolute Gasteiger partial charge is 0.249 e. The lowest BCUT2D eigenvalue weighted by atomic mass is 10.0. The Morgan fingerprint density at radius 2 is 2.00 bits per heavy atom. The second kappa shape index (κ2) is 2.03. The number of rotatable bonds is 0. The minimum Gasteiger partial charge on any atom is -0.468 e. The number of amides is 1. The monoisotopic (exact) mass is 166 g/mol. The van der Waals surface area contributed by atoms with Gasteiger partial charge in [-0.15, -0.1) is 0 Å². The maximum absolute atomic E-state index is 11.4. The van der Waals surface area contributed by atoms with E-state index in [0.717, 1.165) is 5.69 Å². The molecule has 0 fully saturated rings. The van der Waals surface area contributed by atoms with Gasteiger partial charge in [0.15, 0.2) is 0 Å². The first kappa shape index (κ1) is 7.21. The molecule has 0 saturated heterocycles. The number of carbonyl (C=O) groups excluding carboxylic acids is 1. The minimum atomic E-state index is -0.559. The molecule has 1 amide bonds. The molecule has 64 valence electrons. The molecule has 0 atom stereocenters. The van der Waals surface area contributed by atoms with Crippen molar-refractivity contribution in [2.45, 2.75) is 19.4 Å². The van der Waals surface area contributed by atoms with Crippen LogP contribution in [-0.4, -0.2) is 11.4 Å². The Hall–Kier alpha value is -1.45. The highest BCUT2D eigenvalue weighted by Crippen LogP contribution is 2.31. The Labute approximate surface area is 69.9 Å². The first-order valence-electron chi connectivity index (χ1n) is 3.75. The highest BCUT2D eigenvalue weighted by Gasteiger charge is 2.33.